The predicted octanol–water partition coefficient (Wildman–Crippen LogP) is 4.01. The molecule has 1 heterocycles. The van der Waals surface area contributed by atoms with Crippen LogP contribution in [0.15, 0.2) is 46.8 Å². The average Bonchev–Trinajstić information content (AvgIpc) is 3.12. The molecule has 1 aromatic heterocycles. The van der Waals surface area contributed by atoms with E-state index in [1.807, 2.05) is 30.5 Å². The molecule has 1 aromatic carbocycles. The standard InChI is InChI=1S/C18H22ClN3S/c1-20-18(22(2)9-8-15-7-4-10-23-15)21-17-12-16(17)13-5-3-6-14(19)11-13/h3-7,10-11,16-17H,8-9,12H2,1-2H3,(H,20,21). The van der Waals surface area contributed by atoms with Crippen molar-refractivity contribution in [2.24, 2.45) is 4.99 Å². The zero-order valence-electron chi connectivity index (χ0n) is 13.5. The highest BCUT2D eigenvalue weighted by atomic mass is 35.5. The van der Waals surface area contributed by atoms with Gasteiger partial charge < -0.3 is 10.2 Å². The third-order valence-electron chi connectivity index (χ3n) is 4.23. The topological polar surface area (TPSA) is 27.6 Å². The van der Waals surface area contributed by atoms with E-state index in [0.29, 0.717) is 12.0 Å². The minimum absolute atomic E-state index is 0.455. The minimum Gasteiger partial charge on any atom is -0.353 e. The molecule has 3 rings (SSSR count). The highest BCUT2D eigenvalue weighted by Crippen LogP contribution is 2.41. The summed E-state index contributed by atoms with van der Waals surface area (Å²) < 4.78 is 0. The summed E-state index contributed by atoms with van der Waals surface area (Å²) in [5, 5.41) is 6.51. The van der Waals surface area contributed by atoms with Gasteiger partial charge in [-0.2, -0.15) is 0 Å². The molecular weight excluding hydrogens is 326 g/mol. The normalized spacial score (nSPS) is 20.4. The molecule has 0 aliphatic heterocycles. The maximum atomic E-state index is 6.09. The molecule has 1 saturated carbocycles. The van der Waals surface area contributed by atoms with Gasteiger partial charge in [-0.1, -0.05) is 29.8 Å². The number of halogens is 1. The molecule has 2 unspecified atom stereocenters. The van der Waals surface area contributed by atoms with Crippen molar-refractivity contribution in [1.29, 1.82) is 0 Å². The number of nitrogens with zero attached hydrogens (tertiary/aromatic N) is 2. The molecule has 1 N–H and O–H groups in total. The number of rotatable bonds is 5. The third-order valence-corrected chi connectivity index (χ3v) is 5.40. The molecule has 122 valence electrons. The van der Waals surface area contributed by atoms with Gasteiger partial charge >= 0.3 is 0 Å². The summed E-state index contributed by atoms with van der Waals surface area (Å²) in [5.74, 6) is 1.51. The molecule has 23 heavy (non-hydrogen) atoms. The Bertz CT molecular complexity index is 669. The van der Waals surface area contributed by atoms with Gasteiger partial charge in [-0.25, -0.2) is 0 Å². The van der Waals surface area contributed by atoms with Gasteiger partial charge in [0.25, 0.3) is 0 Å². The molecule has 5 heteroatoms. The fourth-order valence-corrected chi connectivity index (χ4v) is 3.71. The van der Waals surface area contributed by atoms with Crippen LogP contribution in [0, 0.1) is 0 Å². The molecule has 0 spiro atoms. The number of hydrogen-bond acceptors (Lipinski definition) is 2. The van der Waals surface area contributed by atoms with Gasteiger partial charge in [0, 0.05) is 42.5 Å². The summed E-state index contributed by atoms with van der Waals surface area (Å²) >= 11 is 7.90. The van der Waals surface area contributed by atoms with Gasteiger partial charge in [0.1, 0.15) is 0 Å². The Morgan fingerprint density at radius 1 is 1.39 bits per heavy atom. The van der Waals surface area contributed by atoms with E-state index in [4.69, 9.17) is 11.6 Å². The second kappa shape index (κ2) is 7.37. The molecular formula is C18H22ClN3S. The van der Waals surface area contributed by atoms with Crippen molar-refractivity contribution in [3.05, 3.63) is 57.2 Å². The highest BCUT2D eigenvalue weighted by molar-refractivity contribution is 7.09. The lowest BCUT2D eigenvalue weighted by Crippen LogP contribution is -2.41. The van der Waals surface area contributed by atoms with Crippen LogP contribution in [0.4, 0.5) is 0 Å². The Hall–Kier alpha value is -1.52. The van der Waals surface area contributed by atoms with Crippen molar-refractivity contribution < 1.29 is 0 Å². The first kappa shape index (κ1) is 16.3. The number of thiophene rings is 1. The molecule has 1 fully saturated rings. The molecule has 2 aromatic rings. The lowest BCUT2D eigenvalue weighted by Gasteiger charge is -2.22. The van der Waals surface area contributed by atoms with Crippen molar-refractivity contribution in [3.8, 4) is 0 Å². The first-order valence-electron chi connectivity index (χ1n) is 7.89. The van der Waals surface area contributed by atoms with Gasteiger partial charge in [-0.15, -0.1) is 11.3 Å². The van der Waals surface area contributed by atoms with Gasteiger partial charge in [0.05, 0.1) is 0 Å². The van der Waals surface area contributed by atoms with Gasteiger partial charge in [-0.05, 0) is 42.0 Å². The summed E-state index contributed by atoms with van der Waals surface area (Å²) in [7, 11) is 3.94. The van der Waals surface area contributed by atoms with Crippen LogP contribution in [-0.2, 0) is 6.42 Å². The second-order valence-corrected chi connectivity index (χ2v) is 7.41. The maximum Gasteiger partial charge on any atom is 0.193 e. The third kappa shape index (κ3) is 4.27. The predicted molar refractivity (Wildman–Crippen MR) is 99.7 cm³/mol. The van der Waals surface area contributed by atoms with Gasteiger partial charge in [0.15, 0.2) is 5.96 Å². The fourth-order valence-electron chi connectivity index (χ4n) is 2.81. The number of likely N-dealkylation sites (N-methyl/N-ethyl adjacent to an activating group) is 1. The quantitative estimate of drug-likeness (QED) is 0.653. The van der Waals surface area contributed by atoms with Crippen LogP contribution in [0.1, 0.15) is 22.8 Å². The number of guanidine groups is 1. The Morgan fingerprint density at radius 2 is 2.26 bits per heavy atom. The molecule has 1 aliphatic rings. The van der Waals surface area contributed by atoms with Crippen LogP contribution >= 0.6 is 22.9 Å². The van der Waals surface area contributed by atoms with Crippen molar-refractivity contribution >= 4 is 28.9 Å². The van der Waals surface area contributed by atoms with E-state index in [9.17, 15) is 0 Å². The monoisotopic (exact) mass is 347 g/mol. The van der Waals surface area contributed by atoms with E-state index in [-0.39, 0.29) is 0 Å². The lowest BCUT2D eigenvalue weighted by molar-refractivity contribution is 0.485. The van der Waals surface area contributed by atoms with Gasteiger partial charge in [-0.3, -0.25) is 4.99 Å². The number of aliphatic imine (C=N–C) groups is 1. The summed E-state index contributed by atoms with van der Waals surface area (Å²) in [6.07, 6.45) is 2.19. The van der Waals surface area contributed by atoms with E-state index < -0.39 is 0 Å². The summed E-state index contributed by atoms with van der Waals surface area (Å²) in [5.41, 5.74) is 1.31. The number of hydrogen-bond donors (Lipinski definition) is 1. The first-order chi connectivity index (χ1) is 11.2. The highest BCUT2D eigenvalue weighted by Gasteiger charge is 2.39. The summed E-state index contributed by atoms with van der Waals surface area (Å²) in [6.45, 7) is 0.967. The second-order valence-electron chi connectivity index (χ2n) is 5.95. The number of benzene rings is 1. The zero-order valence-corrected chi connectivity index (χ0v) is 15.1. The SMILES string of the molecule is CN=C(NC1CC1c1cccc(Cl)c1)N(C)CCc1cccs1. The smallest absolute Gasteiger partial charge is 0.193 e. The van der Waals surface area contributed by atoms with E-state index in [2.05, 4.69) is 51.9 Å². The van der Waals surface area contributed by atoms with Crippen LogP contribution in [0.5, 0.6) is 0 Å². The largest absolute Gasteiger partial charge is 0.353 e. The molecule has 0 amide bonds. The van der Waals surface area contributed by atoms with Gasteiger partial charge in [0.2, 0.25) is 0 Å². The van der Waals surface area contributed by atoms with E-state index in [1.54, 1.807) is 0 Å². The Labute approximate surface area is 147 Å². The molecule has 0 radical (unpaired) electrons. The molecule has 2 atom stereocenters. The summed E-state index contributed by atoms with van der Waals surface area (Å²) in [6, 6.07) is 12.9. The number of nitrogens with one attached hydrogen (secondary N) is 1. The van der Waals surface area contributed by atoms with E-state index in [1.165, 1.54) is 10.4 Å². The van der Waals surface area contributed by atoms with Crippen LogP contribution in [0.2, 0.25) is 5.02 Å². The summed E-state index contributed by atoms with van der Waals surface area (Å²) in [4.78, 5) is 8.04. The van der Waals surface area contributed by atoms with Crippen molar-refractivity contribution in [1.82, 2.24) is 10.2 Å². The zero-order chi connectivity index (χ0) is 16.2. The average molecular weight is 348 g/mol. The van der Waals surface area contributed by atoms with Crippen molar-refractivity contribution in [2.75, 3.05) is 20.6 Å². The van der Waals surface area contributed by atoms with Crippen molar-refractivity contribution in [3.63, 3.8) is 0 Å². The van der Waals surface area contributed by atoms with Crippen LogP contribution in [0.3, 0.4) is 0 Å². The molecule has 3 nitrogen and oxygen atoms in total. The van der Waals surface area contributed by atoms with Crippen LogP contribution < -0.4 is 5.32 Å². The van der Waals surface area contributed by atoms with Crippen LogP contribution in [-0.4, -0.2) is 37.5 Å². The molecule has 0 bridgehead atoms. The minimum atomic E-state index is 0.455. The molecule has 1 aliphatic carbocycles. The van der Waals surface area contributed by atoms with Crippen molar-refractivity contribution in [2.45, 2.75) is 24.8 Å². The van der Waals surface area contributed by atoms with E-state index >= 15 is 0 Å². The lowest BCUT2D eigenvalue weighted by atomic mass is 10.1. The molecule has 0 saturated heterocycles. The Balaban J connectivity index is 1.52. The maximum absolute atomic E-state index is 6.09. The van der Waals surface area contributed by atoms with E-state index in [0.717, 1.165) is 30.4 Å². The Morgan fingerprint density at radius 3 is 2.96 bits per heavy atom. The van der Waals surface area contributed by atoms with Crippen LogP contribution in [0.25, 0.3) is 0 Å². The first-order valence-corrected chi connectivity index (χ1v) is 9.15. The Kier molecular flexibility index (Phi) is 5.23. The fraction of sp³-hybridized carbons (Fsp3) is 0.389.